The Bertz CT molecular complexity index is 549. The molecule has 18 heavy (non-hydrogen) atoms. The zero-order valence-corrected chi connectivity index (χ0v) is 10.2. The van der Waals surface area contributed by atoms with E-state index < -0.39 is 11.6 Å². The van der Waals surface area contributed by atoms with Crippen LogP contribution in [0.3, 0.4) is 0 Å². The highest BCUT2D eigenvalue weighted by Gasteiger charge is 2.15. The predicted molar refractivity (Wildman–Crippen MR) is 66.9 cm³/mol. The first-order valence-corrected chi connectivity index (χ1v) is 5.89. The molecule has 96 valence electrons. The minimum atomic E-state index is -0.731. The van der Waals surface area contributed by atoms with Gasteiger partial charge in [-0.25, -0.2) is 8.78 Å². The molecule has 0 spiro atoms. The van der Waals surface area contributed by atoms with E-state index >= 15 is 0 Å². The van der Waals surface area contributed by atoms with Crippen LogP contribution < -0.4 is 5.73 Å². The second-order valence-electron chi connectivity index (χ2n) is 4.17. The summed E-state index contributed by atoms with van der Waals surface area (Å²) >= 11 is 0. The first-order chi connectivity index (χ1) is 8.63. The second-order valence-corrected chi connectivity index (χ2v) is 4.17. The zero-order valence-electron chi connectivity index (χ0n) is 10.2. The van der Waals surface area contributed by atoms with Gasteiger partial charge in [0.2, 0.25) is 0 Å². The van der Waals surface area contributed by atoms with Gasteiger partial charge in [-0.2, -0.15) is 5.10 Å². The number of anilines is 1. The van der Waals surface area contributed by atoms with Gasteiger partial charge in [0, 0.05) is 18.3 Å². The molecule has 2 rings (SSSR count). The third kappa shape index (κ3) is 2.34. The summed E-state index contributed by atoms with van der Waals surface area (Å²) in [5.41, 5.74) is 5.68. The number of aryl methyl sites for hydroxylation is 1. The average Bonchev–Trinajstić information content (AvgIpc) is 2.80. The summed E-state index contributed by atoms with van der Waals surface area (Å²) in [4.78, 5) is 0. The Kier molecular flexibility index (Phi) is 3.60. The van der Waals surface area contributed by atoms with Crippen LogP contribution in [0.25, 0.3) is 11.1 Å². The molecule has 1 aromatic heterocycles. The molecule has 1 heterocycles. The SMILES string of the molecule is CCCCn1cc(-c2c(F)ccc(N)c2F)cn1. The molecule has 1 aromatic carbocycles. The Morgan fingerprint density at radius 1 is 1.33 bits per heavy atom. The fourth-order valence-corrected chi connectivity index (χ4v) is 1.77. The molecule has 5 heteroatoms. The molecule has 0 unspecified atom stereocenters. The van der Waals surface area contributed by atoms with Crippen molar-refractivity contribution in [2.75, 3.05) is 5.73 Å². The van der Waals surface area contributed by atoms with Gasteiger partial charge in [0.05, 0.1) is 17.4 Å². The third-order valence-corrected chi connectivity index (χ3v) is 2.78. The summed E-state index contributed by atoms with van der Waals surface area (Å²) in [6, 6.07) is 2.38. The molecule has 0 saturated carbocycles. The number of halogens is 2. The Labute approximate surface area is 104 Å². The molecule has 0 atom stereocenters. The summed E-state index contributed by atoms with van der Waals surface area (Å²) in [6.07, 6.45) is 5.10. The lowest BCUT2D eigenvalue weighted by atomic mass is 10.1. The van der Waals surface area contributed by atoms with Crippen molar-refractivity contribution in [2.24, 2.45) is 0 Å². The van der Waals surface area contributed by atoms with Crippen LogP contribution in [0, 0.1) is 11.6 Å². The molecular formula is C13H15F2N3. The largest absolute Gasteiger partial charge is 0.396 e. The Morgan fingerprint density at radius 3 is 2.83 bits per heavy atom. The maximum atomic E-state index is 13.8. The van der Waals surface area contributed by atoms with Gasteiger partial charge in [0.25, 0.3) is 0 Å². The van der Waals surface area contributed by atoms with Crippen LogP contribution in [0.4, 0.5) is 14.5 Å². The third-order valence-electron chi connectivity index (χ3n) is 2.78. The number of nitrogens with zero attached hydrogens (tertiary/aromatic N) is 2. The minimum Gasteiger partial charge on any atom is -0.396 e. The summed E-state index contributed by atoms with van der Waals surface area (Å²) in [5.74, 6) is -1.36. The van der Waals surface area contributed by atoms with E-state index in [0.717, 1.165) is 25.5 Å². The van der Waals surface area contributed by atoms with E-state index in [1.165, 1.54) is 12.3 Å². The van der Waals surface area contributed by atoms with Gasteiger partial charge in [-0.1, -0.05) is 13.3 Å². The monoisotopic (exact) mass is 251 g/mol. The van der Waals surface area contributed by atoms with Crippen molar-refractivity contribution in [2.45, 2.75) is 26.3 Å². The highest BCUT2D eigenvalue weighted by molar-refractivity contribution is 5.68. The summed E-state index contributed by atoms with van der Waals surface area (Å²) in [7, 11) is 0. The number of nitrogens with two attached hydrogens (primary N) is 1. The van der Waals surface area contributed by atoms with Crippen molar-refractivity contribution < 1.29 is 8.78 Å². The van der Waals surface area contributed by atoms with Gasteiger partial charge < -0.3 is 5.73 Å². The maximum Gasteiger partial charge on any atom is 0.156 e. The van der Waals surface area contributed by atoms with Gasteiger partial charge >= 0.3 is 0 Å². The summed E-state index contributed by atoms with van der Waals surface area (Å²) in [6.45, 7) is 2.81. The van der Waals surface area contributed by atoms with Crippen LogP contribution in [-0.4, -0.2) is 9.78 Å². The van der Waals surface area contributed by atoms with Crippen molar-refractivity contribution in [3.8, 4) is 11.1 Å². The van der Waals surface area contributed by atoms with Crippen LogP contribution in [0.15, 0.2) is 24.5 Å². The molecule has 0 radical (unpaired) electrons. The van der Waals surface area contributed by atoms with E-state index in [2.05, 4.69) is 12.0 Å². The highest BCUT2D eigenvalue weighted by Crippen LogP contribution is 2.28. The standard InChI is InChI=1S/C13H15F2N3/c1-2-3-6-18-8-9(7-17-18)12-10(14)4-5-11(16)13(12)15/h4-5,7-8H,2-3,6,16H2,1H3. The quantitative estimate of drug-likeness (QED) is 0.848. The van der Waals surface area contributed by atoms with Crippen LogP contribution in [-0.2, 0) is 6.54 Å². The molecule has 0 fully saturated rings. The van der Waals surface area contributed by atoms with E-state index in [0.29, 0.717) is 5.56 Å². The molecule has 0 bridgehead atoms. The first kappa shape index (κ1) is 12.5. The lowest BCUT2D eigenvalue weighted by Gasteiger charge is -2.04. The lowest BCUT2D eigenvalue weighted by Crippen LogP contribution is -1.98. The Balaban J connectivity index is 2.37. The normalized spacial score (nSPS) is 10.8. The lowest BCUT2D eigenvalue weighted by molar-refractivity contribution is 0.571. The van der Waals surface area contributed by atoms with E-state index in [-0.39, 0.29) is 11.3 Å². The molecule has 0 aliphatic heterocycles. The molecular weight excluding hydrogens is 236 g/mol. The molecule has 3 nitrogen and oxygen atoms in total. The van der Waals surface area contributed by atoms with E-state index in [4.69, 9.17) is 5.73 Å². The number of benzene rings is 1. The van der Waals surface area contributed by atoms with Gasteiger partial charge in [0.15, 0.2) is 5.82 Å². The van der Waals surface area contributed by atoms with Crippen LogP contribution in [0.2, 0.25) is 0 Å². The molecule has 0 aliphatic carbocycles. The van der Waals surface area contributed by atoms with E-state index in [9.17, 15) is 8.78 Å². The van der Waals surface area contributed by atoms with E-state index in [1.54, 1.807) is 10.9 Å². The number of rotatable bonds is 4. The van der Waals surface area contributed by atoms with Crippen molar-refractivity contribution in [1.29, 1.82) is 0 Å². The first-order valence-electron chi connectivity index (χ1n) is 5.89. The second kappa shape index (κ2) is 5.16. The Hall–Kier alpha value is -1.91. The zero-order chi connectivity index (χ0) is 13.1. The highest BCUT2D eigenvalue weighted by atomic mass is 19.1. The molecule has 0 amide bonds. The maximum absolute atomic E-state index is 13.8. The number of aromatic nitrogens is 2. The van der Waals surface area contributed by atoms with Gasteiger partial charge in [0.1, 0.15) is 5.82 Å². The molecule has 0 saturated heterocycles. The number of nitrogen functional groups attached to an aromatic ring is 1. The molecule has 0 aliphatic rings. The Morgan fingerprint density at radius 2 is 2.11 bits per heavy atom. The topological polar surface area (TPSA) is 43.8 Å². The number of hydrogen-bond acceptors (Lipinski definition) is 2. The summed E-state index contributed by atoms with van der Waals surface area (Å²) < 4.78 is 29.1. The fraction of sp³-hybridized carbons (Fsp3) is 0.308. The molecule has 2 N–H and O–H groups in total. The van der Waals surface area contributed by atoms with Crippen LogP contribution in [0.5, 0.6) is 0 Å². The van der Waals surface area contributed by atoms with E-state index in [1.807, 2.05) is 0 Å². The number of hydrogen-bond donors (Lipinski definition) is 1. The smallest absolute Gasteiger partial charge is 0.156 e. The van der Waals surface area contributed by atoms with Crippen molar-refractivity contribution in [3.63, 3.8) is 0 Å². The average molecular weight is 251 g/mol. The van der Waals surface area contributed by atoms with Crippen LogP contribution in [0.1, 0.15) is 19.8 Å². The van der Waals surface area contributed by atoms with Crippen molar-refractivity contribution in [1.82, 2.24) is 9.78 Å². The van der Waals surface area contributed by atoms with Crippen LogP contribution >= 0.6 is 0 Å². The molecule has 2 aromatic rings. The van der Waals surface area contributed by atoms with Crippen molar-refractivity contribution in [3.05, 3.63) is 36.2 Å². The minimum absolute atomic E-state index is 0.0623. The van der Waals surface area contributed by atoms with Gasteiger partial charge in [-0.05, 0) is 18.6 Å². The van der Waals surface area contributed by atoms with Crippen molar-refractivity contribution >= 4 is 5.69 Å². The summed E-state index contributed by atoms with van der Waals surface area (Å²) in [5, 5.41) is 4.08. The van der Waals surface area contributed by atoms with Gasteiger partial charge in [-0.15, -0.1) is 0 Å². The fourth-order valence-electron chi connectivity index (χ4n) is 1.77. The van der Waals surface area contributed by atoms with Gasteiger partial charge in [-0.3, -0.25) is 4.68 Å². The number of unbranched alkanes of at least 4 members (excludes halogenated alkanes) is 1. The predicted octanol–water partition coefficient (Wildman–Crippen LogP) is 3.21.